The molecule has 0 radical (unpaired) electrons. The number of Topliss-reactive ketones (excluding diaryl/α,β-unsaturated/α-hetero) is 4. The van der Waals surface area contributed by atoms with Crippen molar-refractivity contribution in [2.75, 3.05) is 0 Å². The van der Waals surface area contributed by atoms with Crippen molar-refractivity contribution in [3.8, 4) is 32.4 Å². The number of ketones is 4. The van der Waals surface area contributed by atoms with Crippen LogP contribution in [0.4, 0.5) is 17.6 Å². The summed E-state index contributed by atoms with van der Waals surface area (Å²) in [5.74, 6) is -6.83. The maximum Gasteiger partial charge on any atom is 0.237 e. The zero-order chi connectivity index (χ0) is 36.8. The highest BCUT2D eigenvalue weighted by atomic mass is 32.1. The molecule has 0 saturated carbocycles. The van der Waals surface area contributed by atoms with Crippen LogP contribution in [0.25, 0.3) is 44.2 Å². The minimum absolute atomic E-state index is 0.0947. The highest BCUT2D eigenvalue weighted by Crippen LogP contribution is 2.56. The lowest BCUT2D eigenvalue weighted by atomic mass is 9.81. The number of carbonyl (C=O) groups excluding carboxylic acids is 4. The first kappa shape index (κ1) is 32.4. The molecule has 0 atom stereocenters. The maximum absolute atomic E-state index is 14.5. The lowest BCUT2D eigenvalue weighted by Gasteiger charge is -2.38. The van der Waals surface area contributed by atoms with Crippen molar-refractivity contribution in [1.82, 2.24) is 0 Å². The first-order chi connectivity index (χ1) is 24.5. The number of allylic oxidation sites excluding steroid dienone is 2. The van der Waals surface area contributed by atoms with Crippen LogP contribution in [0.15, 0.2) is 48.5 Å². The Hall–Kier alpha value is -5.46. The number of hydrogen-bond donors (Lipinski definition) is 0. The number of fused-ring (bicyclic) bond motifs is 8. The molecule has 4 heterocycles. The average molecular weight is 739 g/mol. The van der Waals surface area contributed by atoms with Gasteiger partial charge in [-0.05, 0) is 76.2 Å². The first-order valence-corrected chi connectivity index (χ1v) is 17.6. The second kappa shape index (κ2) is 10.5. The Morgan fingerprint density at radius 3 is 1.29 bits per heavy atom. The van der Waals surface area contributed by atoms with Crippen LogP contribution in [0, 0.1) is 23.3 Å². The average Bonchev–Trinajstić information content (AvgIpc) is 3.77. The van der Waals surface area contributed by atoms with Crippen molar-refractivity contribution in [3.63, 3.8) is 0 Å². The van der Waals surface area contributed by atoms with E-state index in [0.717, 1.165) is 44.1 Å². The molecule has 258 valence electrons. The third-order valence-electron chi connectivity index (χ3n) is 9.73. The molecule has 5 aromatic rings. The predicted octanol–water partition coefficient (Wildman–Crippen LogP) is 9.57. The van der Waals surface area contributed by atoms with Crippen LogP contribution in [0.1, 0.15) is 80.4 Å². The van der Waals surface area contributed by atoms with E-state index in [4.69, 9.17) is 9.47 Å². The van der Waals surface area contributed by atoms with Gasteiger partial charge in [0.15, 0.2) is 0 Å². The summed E-state index contributed by atoms with van der Waals surface area (Å²) >= 11 is 2.59. The largest absolute Gasteiger partial charge is 0.482 e. The Kier molecular flexibility index (Phi) is 6.58. The topological polar surface area (TPSA) is 86.7 Å². The summed E-state index contributed by atoms with van der Waals surface area (Å²) in [6, 6.07) is 10.6. The molecular formula is C40H22F4O6S2. The number of carbonyl (C=O) groups is 4. The van der Waals surface area contributed by atoms with Crippen LogP contribution in [0.2, 0.25) is 0 Å². The van der Waals surface area contributed by atoms with Crippen molar-refractivity contribution in [2.24, 2.45) is 0 Å². The fourth-order valence-electron chi connectivity index (χ4n) is 7.41. The molecule has 9 rings (SSSR count). The number of rotatable bonds is 2. The highest BCUT2D eigenvalue weighted by molar-refractivity contribution is 7.17. The van der Waals surface area contributed by atoms with Gasteiger partial charge >= 0.3 is 0 Å². The van der Waals surface area contributed by atoms with Gasteiger partial charge in [-0.15, -0.1) is 22.7 Å². The highest BCUT2D eigenvalue weighted by Gasteiger charge is 2.42. The summed E-state index contributed by atoms with van der Waals surface area (Å²) < 4.78 is 70.3. The standard InChI is InChI=1S/C40H22F4O6S2/c1-39(2)25-13-24-26(14-23(25)37-29(49-39)11-17(51-37)9-21-19-5-15(41)7-27(43)31(19)35(47)33(21)45)40(3,4)50-30-12-18(52-38(24)30)10-22-20-6-16(42)8-28(44)32(20)36(48)34(22)46/h5-14H,1-4H3/b21-9-,22-10-. The summed E-state index contributed by atoms with van der Waals surface area (Å²) in [6.07, 6.45) is 2.90. The Bertz CT molecular complexity index is 2470. The van der Waals surface area contributed by atoms with Crippen molar-refractivity contribution in [1.29, 1.82) is 0 Å². The Labute approximate surface area is 300 Å². The minimum Gasteiger partial charge on any atom is -0.482 e. The van der Waals surface area contributed by atoms with E-state index in [9.17, 15) is 36.7 Å². The molecule has 52 heavy (non-hydrogen) atoms. The molecule has 4 aliphatic rings. The Morgan fingerprint density at radius 1 is 0.519 bits per heavy atom. The second-order valence-electron chi connectivity index (χ2n) is 13.9. The molecule has 3 aromatic carbocycles. The third-order valence-corrected chi connectivity index (χ3v) is 11.9. The summed E-state index contributed by atoms with van der Waals surface area (Å²) in [7, 11) is 0. The smallest absolute Gasteiger partial charge is 0.237 e. The van der Waals surface area contributed by atoms with Crippen LogP contribution in [-0.2, 0) is 20.8 Å². The van der Waals surface area contributed by atoms with Gasteiger partial charge in [0, 0.05) is 66.4 Å². The van der Waals surface area contributed by atoms with Crippen LogP contribution in [0.3, 0.4) is 0 Å². The van der Waals surface area contributed by atoms with Crippen molar-refractivity contribution >= 4 is 69.1 Å². The summed E-state index contributed by atoms with van der Waals surface area (Å²) in [5, 5.41) is 0. The van der Waals surface area contributed by atoms with Gasteiger partial charge in [0.1, 0.15) is 46.0 Å². The van der Waals surface area contributed by atoms with Gasteiger partial charge in [-0.3, -0.25) is 19.2 Å². The number of hydrogen-bond acceptors (Lipinski definition) is 8. The summed E-state index contributed by atoms with van der Waals surface area (Å²) in [4.78, 5) is 53.6. The maximum atomic E-state index is 14.5. The molecule has 0 unspecified atom stereocenters. The van der Waals surface area contributed by atoms with Crippen LogP contribution < -0.4 is 9.47 Å². The van der Waals surface area contributed by atoms with Crippen molar-refractivity contribution < 1.29 is 46.2 Å². The third kappa shape index (κ3) is 4.53. The molecule has 12 heteroatoms. The van der Waals surface area contributed by atoms with Gasteiger partial charge in [0.2, 0.25) is 23.1 Å². The number of benzene rings is 3. The molecule has 0 bridgehead atoms. The van der Waals surface area contributed by atoms with Gasteiger partial charge in [0.05, 0.1) is 20.9 Å². The zero-order valence-electron chi connectivity index (χ0n) is 27.6. The monoisotopic (exact) mass is 738 g/mol. The molecule has 0 spiro atoms. The van der Waals surface area contributed by atoms with E-state index < -0.39 is 68.7 Å². The Balaban J connectivity index is 1.16. The van der Waals surface area contributed by atoms with Gasteiger partial charge in [-0.25, -0.2) is 17.6 Å². The van der Waals surface area contributed by atoms with Gasteiger partial charge in [0.25, 0.3) is 0 Å². The summed E-state index contributed by atoms with van der Waals surface area (Å²) in [6.45, 7) is 7.63. The van der Waals surface area contributed by atoms with Gasteiger partial charge in [-0.1, -0.05) is 0 Å². The molecule has 2 aliphatic carbocycles. The van der Waals surface area contributed by atoms with E-state index in [1.54, 1.807) is 12.1 Å². The van der Waals surface area contributed by atoms with Gasteiger partial charge < -0.3 is 9.47 Å². The van der Waals surface area contributed by atoms with Crippen LogP contribution in [0.5, 0.6) is 11.5 Å². The van der Waals surface area contributed by atoms with Crippen molar-refractivity contribution in [2.45, 2.75) is 38.9 Å². The quantitative estimate of drug-likeness (QED) is 0.102. The molecule has 6 nitrogen and oxygen atoms in total. The molecule has 0 saturated heterocycles. The molecule has 2 aromatic heterocycles. The van der Waals surface area contributed by atoms with E-state index in [2.05, 4.69) is 0 Å². The fourth-order valence-corrected chi connectivity index (χ4v) is 9.52. The first-order valence-electron chi connectivity index (χ1n) is 16.0. The molecule has 0 N–H and O–H groups in total. The SMILES string of the molecule is CC1(C)Oc2cc(/C=C3\C(=O)C(=O)c4c(F)cc(F)cc43)sc2-c2cc3c(cc21)-c1sc(/C=C2\C(=O)C(=O)c4c(F)cc(F)cc42)cc1OC3(C)C. The van der Waals surface area contributed by atoms with E-state index in [0.29, 0.717) is 33.4 Å². The van der Waals surface area contributed by atoms with Crippen molar-refractivity contribution in [3.05, 3.63) is 115 Å². The zero-order valence-corrected chi connectivity index (χ0v) is 29.2. The van der Waals surface area contributed by atoms with E-state index in [1.807, 2.05) is 39.8 Å². The second-order valence-corrected chi connectivity index (χ2v) is 16.1. The predicted molar refractivity (Wildman–Crippen MR) is 188 cm³/mol. The van der Waals surface area contributed by atoms with Crippen LogP contribution >= 0.6 is 22.7 Å². The normalized spacial score (nSPS) is 18.8. The Morgan fingerprint density at radius 2 is 0.904 bits per heavy atom. The number of ether oxygens (including phenoxy) is 2. The molecular weight excluding hydrogens is 717 g/mol. The molecule has 2 aliphatic heterocycles. The fraction of sp³-hybridized carbons (Fsp3) is 0.150. The lowest BCUT2D eigenvalue weighted by Crippen LogP contribution is -2.32. The lowest BCUT2D eigenvalue weighted by molar-refractivity contribution is -0.110. The van der Waals surface area contributed by atoms with Crippen LogP contribution in [-0.4, -0.2) is 23.1 Å². The number of halogens is 4. The van der Waals surface area contributed by atoms with E-state index >= 15 is 0 Å². The minimum atomic E-state index is -1.09. The summed E-state index contributed by atoms with van der Waals surface area (Å²) in [5.41, 5.74) is 0.402. The number of thiophene rings is 2. The molecule has 0 fully saturated rings. The molecule has 0 amide bonds. The van der Waals surface area contributed by atoms with Gasteiger partial charge in [-0.2, -0.15) is 0 Å². The van der Waals surface area contributed by atoms with E-state index in [-0.39, 0.29) is 22.3 Å². The van der Waals surface area contributed by atoms with E-state index in [1.165, 1.54) is 34.8 Å².